The Labute approximate surface area is 106 Å². The largest absolute Gasteiger partial charge is 0.478 e. The highest BCUT2D eigenvalue weighted by Gasteiger charge is 2.24. The summed E-state index contributed by atoms with van der Waals surface area (Å²) in [5, 5.41) is 9.15. The number of para-hydroxylation sites is 1. The quantitative estimate of drug-likeness (QED) is 0.874. The molecule has 0 radical (unpaired) electrons. The molecule has 1 fully saturated rings. The molecule has 1 aliphatic rings. The van der Waals surface area contributed by atoms with Crippen LogP contribution in [0.2, 0.25) is 0 Å². The van der Waals surface area contributed by atoms with Gasteiger partial charge in [-0.3, -0.25) is 0 Å². The lowest BCUT2D eigenvalue weighted by Gasteiger charge is -2.33. The van der Waals surface area contributed by atoms with Crippen LogP contribution in [0.5, 0.6) is 0 Å². The van der Waals surface area contributed by atoms with Crippen LogP contribution in [-0.2, 0) is 0 Å². The lowest BCUT2D eigenvalue weighted by molar-refractivity contribution is 0.0697. The summed E-state index contributed by atoms with van der Waals surface area (Å²) in [5.41, 5.74) is 0.288. The van der Waals surface area contributed by atoms with E-state index in [9.17, 15) is 9.18 Å². The van der Waals surface area contributed by atoms with Gasteiger partial charge in [0.1, 0.15) is 5.82 Å². The van der Waals surface area contributed by atoms with Crippen LogP contribution in [-0.4, -0.2) is 24.2 Å². The number of nitrogens with zero attached hydrogens (tertiary/aromatic N) is 1. The van der Waals surface area contributed by atoms with E-state index in [1.54, 1.807) is 0 Å². The maximum Gasteiger partial charge on any atom is 0.337 e. The molecule has 3 nitrogen and oxygen atoms in total. The zero-order valence-electron chi connectivity index (χ0n) is 10.5. The SMILES string of the molecule is CCN(CC1CCC1)c1c(F)cccc1C(=O)O. The summed E-state index contributed by atoms with van der Waals surface area (Å²) in [5.74, 6) is -0.946. The van der Waals surface area contributed by atoms with E-state index in [4.69, 9.17) is 5.11 Å². The highest BCUT2D eigenvalue weighted by atomic mass is 19.1. The van der Waals surface area contributed by atoms with Crippen LogP contribution in [0.3, 0.4) is 0 Å². The molecule has 98 valence electrons. The number of carboxylic acids is 1. The average molecular weight is 251 g/mol. The summed E-state index contributed by atoms with van der Waals surface area (Å²) in [6.45, 7) is 3.30. The van der Waals surface area contributed by atoms with Gasteiger partial charge in [0, 0.05) is 13.1 Å². The highest BCUT2D eigenvalue weighted by Crippen LogP contribution is 2.31. The molecule has 0 unspecified atom stereocenters. The van der Waals surface area contributed by atoms with Crippen molar-refractivity contribution in [3.8, 4) is 0 Å². The van der Waals surface area contributed by atoms with E-state index < -0.39 is 11.8 Å². The van der Waals surface area contributed by atoms with Gasteiger partial charge in [0.2, 0.25) is 0 Å². The van der Waals surface area contributed by atoms with Crippen molar-refractivity contribution in [3.05, 3.63) is 29.6 Å². The summed E-state index contributed by atoms with van der Waals surface area (Å²) in [6.07, 6.45) is 3.55. The molecule has 18 heavy (non-hydrogen) atoms. The second-order valence-corrected chi connectivity index (χ2v) is 4.78. The first kappa shape index (κ1) is 12.9. The summed E-state index contributed by atoms with van der Waals surface area (Å²) in [7, 11) is 0. The number of aromatic carboxylic acids is 1. The Bertz CT molecular complexity index is 443. The summed E-state index contributed by atoms with van der Waals surface area (Å²) < 4.78 is 13.9. The predicted molar refractivity (Wildman–Crippen MR) is 68.6 cm³/mol. The summed E-state index contributed by atoms with van der Waals surface area (Å²) >= 11 is 0. The van der Waals surface area contributed by atoms with Crippen LogP contribution >= 0.6 is 0 Å². The molecule has 0 spiro atoms. The van der Waals surface area contributed by atoms with Gasteiger partial charge < -0.3 is 10.0 Å². The molecule has 1 aromatic carbocycles. The summed E-state index contributed by atoms with van der Waals surface area (Å²) in [4.78, 5) is 13.0. The van der Waals surface area contributed by atoms with E-state index in [0.717, 1.165) is 19.4 Å². The number of hydrogen-bond acceptors (Lipinski definition) is 2. The normalized spacial score (nSPS) is 15.2. The van der Waals surface area contributed by atoms with Crippen molar-refractivity contribution in [1.29, 1.82) is 0 Å². The maximum atomic E-state index is 13.9. The highest BCUT2D eigenvalue weighted by molar-refractivity contribution is 5.94. The molecule has 1 aromatic rings. The number of benzene rings is 1. The van der Waals surface area contributed by atoms with E-state index in [-0.39, 0.29) is 11.3 Å². The molecule has 0 aliphatic heterocycles. The fraction of sp³-hybridized carbons (Fsp3) is 0.500. The van der Waals surface area contributed by atoms with Crippen molar-refractivity contribution in [2.45, 2.75) is 26.2 Å². The first-order valence-corrected chi connectivity index (χ1v) is 6.40. The van der Waals surface area contributed by atoms with Gasteiger partial charge in [-0.05, 0) is 37.8 Å². The Morgan fingerprint density at radius 2 is 2.22 bits per heavy atom. The molecule has 0 heterocycles. The zero-order valence-corrected chi connectivity index (χ0v) is 10.5. The molecule has 0 bridgehead atoms. The van der Waals surface area contributed by atoms with E-state index in [1.807, 2.05) is 11.8 Å². The number of rotatable bonds is 5. The Hall–Kier alpha value is -1.58. The number of halogens is 1. The van der Waals surface area contributed by atoms with E-state index in [2.05, 4.69) is 0 Å². The van der Waals surface area contributed by atoms with Crippen LogP contribution < -0.4 is 4.90 Å². The Balaban J connectivity index is 2.30. The minimum Gasteiger partial charge on any atom is -0.478 e. The minimum absolute atomic E-state index is 0.0520. The van der Waals surface area contributed by atoms with Gasteiger partial charge in [0.25, 0.3) is 0 Å². The second-order valence-electron chi connectivity index (χ2n) is 4.78. The second kappa shape index (κ2) is 5.38. The molecule has 1 N–H and O–H groups in total. The lowest BCUT2D eigenvalue weighted by atomic mass is 9.85. The van der Waals surface area contributed by atoms with Gasteiger partial charge in [-0.1, -0.05) is 12.5 Å². The van der Waals surface area contributed by atoms with Crippen LogP contribution in [0.1, 0.15) is 36.5 Å². The molecule has 0 saturated heterocycles. The monoisotopic (exact) mass is 251 g/mol. The van der Waals surface area contributed by atoms with Gasteiger partial charge in [-0.15, -0.1) is 0 Å². The van der Waals surface area contributed by atoms with Crippen molar-refractivity contribution in [2.75, 3.05) is 18.0 Å². The van der Waals surface area contributed by atoms with Crippen molar-refractivity contribution >= 4 is 11.7 Å². The molecule has 4 heteroatoms. The number of carboxylic acid groups (broad SMARTS) is 1. The van der Waals surface area contributed by atoms with Gasteiger partial charge in [-0.2, -0.15) is 0 Å². The maximum absolute atomic E-state index is 13.9. The van der Waals surface area contributed by atoms with Crippen molar-refractivity contribution in [2.24, 2.45) is 5.92 Å². The van der Waals surface area contributed by atoms with Gasteiger partial charge in [0.05, 0.1) is 11.3 Å². The molecule has 0 amide bonds. The van der Waals surface area contributed by atoms with Crippen LogP contribution in [0.15, 0.2) is 18.2 Å². The Kier molecular flexibility index (Phi) is 3.84. The predicted octanol–water partition coefficient (Wildman–Crippen LogP) is 3.15. The van der Waals surface area contributed by atoms with Gasteiger partial charge >= 0.3 is 5.97 Å². The molecule has 2 rings (SSSR count). The fourth-order valence-electron chi connectivity index (χ4n) is 2.37. The van der Waals surface area contributed by atoms with Crippen LogP contribution in [0, 0.1) is 11.7 Å². The van der Waals surface area contributed by atoms with E-state index in [1.165, 1.54) is 24.6 Å². The fourth-order valence-corrected chi connectivity index (χ4v) is 2.37. The molecule has 0 aromatic heterocycles. The topological polar surface area (TPSA) is 40.5 Å². The number of carbonyl (C=O) groups is 1. The average Bonchev–Trinajstić information content (AvgIpc) is 2.28. The van der Waals surface area contributed by atoms with Crippen molar-refractivity contribution in [3.63, 3.8) is 0 Å². The number of hydrogen-bond donors (Lipinski definition) is 1. The zero-order chi connectivity index (χ0) is 13.1. The molecule has 1 saturated carbocycles. The first-order chi connectivity index (χ1) is 8.63. The molecule has 0 atom stereocenters. The van der Waals surface area contributed by atoms with E-state index >= 15 is 0 Å². The van der Waals surface area contributed by atoms with E-state index in [0.29, 0.717) is 12.5 Å². The first-order valence-electron chi connectivity index (χ1n) is 6.40. The molecule has 1 aliphatic carbocycles. The van der Waals surface area contributed by atoms with Crippen LogP contribution in [0.25, 0.3) is 0 Å². The third-order valence-corrected chi connectivity index (χ3v) is 3.62. The minimum atomic E-state index is -1.07. The van der Waals surface area contributed by atoms with Gasteiger partial charge in [0.15, 0.2) is 0 Å². The number of anilines is 1. The molecular weight excluding hydrogens is 233 g/mol. The molecular formula is C14H18FNO2. The Morgan fingerprint density at radius 3 is 2.72 bits per heavy atom. The third-order valence-electron chi connectivity index (χ3n) is 3.62. The summed E-state index contributed by atoms with van der Waals surface area (Å²) in [6, 6.07) is 4.23. The van der Waals surface area contributed by atoms with Crippen LogP contribution in [0.4, 0.5) is 10.1 Å². The Morgan fingerprint density at radius 1 is 1.50 bits per heavy atom. The van der Waals surface area contributed by atoms with Gasteiger partial charge in [-0.25, -0.2) is 9.18 Å². The standard InChI is InChI=1S/C14H18FNO2/c1-2-16(9-10-5-3-6-10)13-11(14(17)18)7-4-8-12(13)15/h4,7-8,10H,2-3,5-6,9H2,1H3,(H,17,18). The third kappa shape index (κ3) is 2.47. The smallest absolute Gasteiger partial charge is 0.337 e. The van der Waals surface area contributed by atoms with Crippen molar-refractivity contribution in [1.82, 2.24) is 0 Å². The lowest BCUT2D eigenvalue weighted by Crippen LogP contribution is -2.34. The van der Waals surface area contributed by atoms with Crippen molar-refractivity contribution < 1.29 is 14.3 Å².